The van der Waals surface area contributed by atoms with E-state index in [0.29, 0.717) is 19.1 Å². The van der Waals surface area contributed by atoms with Crippen molar-refractivity contribution in [3.8, 4) is 5.88 Å². The molecular weight excluding hydrogens is 256 g/mol. The molecule has 0 atom stereocenters. The maximum Gasteiger partial charge on any atom is 0.239 e. The van der Waals surface area contributed by atoms with Crippen molar-refractivity contribution in [2.75, 3.05) is 13.2 Å². The van der Waals surface area contributed by atoms with Gasteiger partial charge < -0.3 is 9.47 Å². The second kappa shape index (κ2) is 5.64. The Kier molecular flexibility index (Phi) is 4.66. The van der Waals surface area contributed by atoms with E-state index in [1.165, 1.54) is 12.1 Å². The SMILES string of the molecule is CC(C)(C)OCCOc1ccc(S(N)(=O)=O)cn1. The number of aromatic nitrogens is 1. The monoisotopic (exact) mass is 274 g/mol. The number of pyridine rings is 1. The molecule has 0 aliphatic carbocycles. The smallest absolute Gasteiger partial charge is 0.239 e. The maximum atomic E-state index is 11.0. The van der Waals surface area contributed by atoms with Gasteiger partial charge in [-0.1, -0.05) is 0 Å². The Morgan fingerprint density at radius 2 is 1.94 bits per heavy atom. The van der Waals surface area contributed by atoms with Crippen molar-refractivity contribution in [2.24, 2.45) is 5.14 Å². The molecule has 1 rings (SSSR count). The van der Waals surface area contributed by atoms with Gasteiger partial charge in [0.25, 0.3) is 0 Å². The Labute approximate surface area is 107 Å². The zero-order chi connectivity index (χ0) is 13.8. The van der Waals surface area contributed by atoms with Crippen LogP contribution < -0.4 is 9.88 Å². The lowest BCUT2D eigenvalue weighted by atomic mass is 10.2. The summed E-state index contributed by atoms with van der Waals surface area (Å²) in [7, 11) is -3.71. The van der Waals surface area contributed by atoms with E-state index in [9.17, 15) is 8.42 Å². The first kappa shape index (κ1) is 14.9. The molecular formula is C11H18N2O4S. The molecule has 7 heteroatoms. The normalized spacial score (nSPS) is 12.4. The number of sulfonamides is 1. The fraction of sp³-hybridized carbons (Fsp3) is 0.545. The predicted octanol–water partition coefficient (Wildman–Crippen LogP) is 0.923. The molecule has 0 saturated heterocycles. The number of rotatable bonds is 5. The van der Waals surface area contributed by atoms with Crippen molar-refractivity contribution < 1.29 is 17.9 Å². The first-order valence-electron chi connectivity index (χ1n) is 5.44. The zero-order valence-electron chi connectivity index (χ0n) is 10.7. The number of hydrogen-bond acceptors (Lipinski definition) is 5. The number of primary sulfonamides is 1. The van der Waals surface area contributed by atoms with Crippen LogP contribution in [0.2, 0.25) is 0 Å². The molecule has 0 aliphatic rings. The van der Waals surface area contributed by atoms with E-state index < -0.39 is 10.0 Å². The third-order valence-electron chi connectivity index (χ3n) is 1.91. The van der Waals surface area contributed by atoms with Crippen LogP contribution in [0.5, 0.6) is 5.88 Å². The van der Waals surface area contributed by atoms with E-state index in [-0.39, 0.29) is 10.5 Å². The second-order valence-electron chi connectivity index (χ2n) is 4.69. The topological polar surface area (TPSA) is 91.5 Å². The Morgan fingerprint density at radius 1 is 1.28 bits per heavy atom. The summed E-state index contributed by atoms with van der Waals surface area (Å²) >= 11 is 0. The summed E-state index contributed by atoms with van der Waals surface area (Å²) in [5.74, 6) is 0.333. The predicted molar refractivity (Wildman–Crippen MR) is 66.8 cm³/mol. The molecule has 0 saturated carbocycles. The number of hydrogen-bond donors (Lipinski definition) is 1. The van der Waals surface area contributed by atoms with Crippen molar-refractivity contribution in [2.45, 2.75) is 31.3 Å². The van der Waals surface area contributed by atoms with Gasteiger partial charge in [-0.25, -0.2) is 18.5 Å². The molecule has 0 aromatic carbocycles. The summed E-state index contributed by atoms with van der Waals surface area (Å²) in [6, 6.07) is 2.80. The van der Waals surface area contributed by atoms with E-state index >= 15 is 0 Å². The minimum atomic E-state index is -3.71. The average Bonchev–Trinajstić information content (AvgIpc) is 2.22. The van der Waals surface area contributed by atoms with Crippen LogP contribution in [0, 0.1) is 0 Å². The Balaban J connectivity index is 2.45. The summed E-state index contributed by atoms with van der Waals surface area (Å²) in [5, 5.41) is 4.95. The largest absolute Gasteiger partial charge is 0.475 e. The lowest BCUT2D eigenvalue weighted by Gasteiger charge is -2.19. The summed E-state index contributed by atoms with van der Waals surface area (Å²) in [4.78, 5) is 3.80. The molecule has 0 fully saturated rings. The molecule has 6 nitrogen and oxygen atoms in total. The van der Waals surface area contributed by atoms with Gasteiger partial charge in [0.15, 0.2) is 0 Å². The van der Waals surface area contributed by atoms with Crippen LogP contribution in [0.15, 0.2) is 23.2 Å². The molecule has 0 unspecified atom stereocenters. The number of nitrogens with zero attached hydrogens (tertiary/aromatic N) is 1. The number of nitrogens with two attached hydrogens (primary N) is 1. The second-order valence-corrected chi connectivity index (χ2v) is 6.25. The first-order valence-corrected chi connectivity index (χ1v) is 6.99. The van der Waals surface area contributed by atoms with E-state index in [0.717, 1.165) is 6.20 Å². The van der Waals surface area contributed by atoms with Crippen LogP contribution in [0.3, 0.4) is 0 Å². The first-order chi connectivity index (χ1) is 8.18. The van der Waals surface area contributed by atoms with E-state index in [4.69, 9.17) is 14.6 Å². The van der Waals surface area contributed by atoms with Crippen LogP contribution in [-0.2, 0) is 14.8 Å². The fourth-order valence-corrected chi connectivity index (χ4v) is 1.57. The van der Waals surface area contributed by atoms with E-state index in [1.807, 2.05) is 20.8 Å². The molecule has 0 spiro atoms. The standard InChI is InChI=1S/C11H18N2O4S/c1-11(2,3)17-7-6-16-10-5-4-9(8-13-10)18(12,14)15/h4-5,8H,6-7H2,1-3H3,(H2,12,14,15). The van der Waals surface area contributed by atoms with Gasteiger partial charge >= 0.3 is 0 Å². The highest BCUT2D eigenvalue weighted by Gasteiger charge is 2.10. The van der Waals surface area contributed by atoms with Gasteiger partial charge in [-0.3, -0.25) is 0 Å². The Morgan fingerprint density at radius 3 is 2.39 bits per heavy atom. The maximum absolute atomic E-state index is 11.0. The Hall–Kier alpha value is -1.18. The van der Waals surface area contributed by atoms with Gasteiger partial charge in [0.05, 0.1) is 18.4 Å². The van der Waals surface area contributed by atoms with Gasteiger partial charge in [-0.05, 0) is 26.8 Å². The summed E-state index contributed by atoms with van der Waals surface area (Å²) in [6.07, 6.45) is 1.16. The summed E-state index contributed by atoms with van der Waals surface area (Å²) < 4.78 is 32.7. The van der Waals surface area contributed by atoms with Gasteiger partial charge in [-0.2, -0.15) is 0 Å². The molecule has 1 heterocycles. The minimum absolute atomic E-state index is 0.0409. The fourth-order valence-electron chi connectivity index (χ4n) is 1.11. The van der Waals surface area contributed by atoms with E-state index in [2.05, 4.69) is 4.98 Å². The third kappa shape index (κ3) is 5.44. The molecule has 0 radical (unpaired) electrons. The summed E-state index contributed by atoms with van der Waals surface area (Å²) in [5.41, 5.74) is -0.214. The van der Waals surface area contributed by atoms with Crippen molar-refractivity contribution in [1.82, 2.24) is 4.98 Å². The van der Waals surface area contributed by atoms with Crippen molar-refractivity contribution >= 4 is 10.0 Å². The Bertz CT molecular complexity index is 477. The zero-order valence-corrected chi connectivity index (χ0v) is 11.5. The van der Waals surface area contributed by atoms with Crippen LogP contribution in [0.4, 0.5) is 0 Å². The molecule has 102 valence electrons. The molecule has 0 amide bonds. The molecule has 18 heavy (non-hydrogen) atoms. The van der Waals surface area contributed by atoms with Crippen LogP contribution in [-0.4, -0.2) is 32.2 Å². The molecule has 0 aliphatic heterocycles. The lowest BCUT2D eigenvalue weighted by molar-refractivity contribution is -0.0168. The van der Waals surface area contributed by atoms with Gasteiger partial charge in [0.2, 0.25) is 15.9 Å². The third-order valence-corrected chi connectivity index (χ3v) is 2.80. The van der Waals surface area contributed by atoms with Crippen molar-refractivity contribution in [1.29, 1.82) is 0 Å². The van der Waals surface area contributed by atoms with Crippen molar-refractivity contribution in [3.63, 3.8) is 0 Å². The minimum Gasteiger partial charge on any atom is -0.475 e. The van der Waals surface area contributed by atoms with Crippen LogP contribution >= 0.6 is 0 Å². The quantitative estimate of drug-likeness (QED) is 0.806. The highest BCUT2D eigenvalue weighted by atomic mass is 32.2. The van der Waals surface area contributed by atoms with Crippen LogP contribution in [0.1, 0.15) is 20.8 Å². The summed E-state index contributed by atoms with van der Waals surface area (Å²) in [6.45, 7) is 6.63. The highest BCUT2D eigenvalue weighted by molar-refractivity contribution is 7.89. The van der Waals surface area contributed by atoms with Gasteiger partial charge in [0, 0.05) is 6.07 Å². The molecule has 1 aromatic heterocycles. The van der Waals surface area contributed by atoms with Crippen molar-refractivity contribution in [3.05, 3.63) is 18.3 Å². The highest BCUT2D eigenvalue weighted by Crippen LogP contribution is 2.11. The van der Waals surface area contributed by atoms with E-state index in [1.54, 1.807) is 0 Å². The molecule has 0 bridgehead atoms. The van der Waals surface area contributed by atoms with Gasteiger partial charge in [0.1, 0.15) is 11.5 Å². The average molecular weight is 274 g/mol. The lowest BCUT2D eigenvalue weighted by Crippen LogP contribution is -2.22. The van der Waals surface area contributed by atoms with Gasteiger partial charge in [-0.15, -0.1) is 0 Å². The molecule has 1 aromatic rings. The number of ether oxygens (including phenoxy) is 2. The van der Waals surface area contributed by atoms with Crippen LogP contribution in [0.25, 0.3) is 0 Å². The molecule has 2 N–H and O–H groups in total.